The maximum atomic E-state index is 12.4. The van der Waals surface area contributed by atoms with Gasteiger partial charge in [-0.1, -0.05) is 0 Å². The summed E-state index contributed by atoms with van der Waals surface area (Å²) < 4.78 is 6.75. The molecule has 1 atom stereocenters. The smallest absolute Gasteiger partial charge is 0.410 e. The normalized spacial score (nSPS) is 17.9. The van der Waals surface area contributed by atoms with Crippen molar-refractivity contribution >= 4 is 17.5 Å². The number of likely N-dealkylation sites (tertiary alicyclic amines) is 1. The quantitative estimate of drug-likeness (QED) is 0.845. The van der Waals surface area contributed by atoms with Crippen molar-refractivity contribution in [2.45, 2.75) is 45.3 Å². The number of hydrogen-bond donors (Lipinski definition) is 2. The second-order valence-electron chi connectivity index (χ2n) is 7.06. The fraction of sp³-hybridized carbons (Fsp3) is 0.500. The van der Waals surface area contributed by atoms with E-state index in [-0.39, 0.29) is 17.1 Å². The lowest BCUT2D eigenvalue weighted by molar-refractivity contribution is 0.0217. The van der Waals surface area contributed by atoms with Gasteiger partial charge in [0.2, 0.25) is 0 Å². The molecule has 9 heteroatoms. The van der Waals surface area contributed by atoms with Gasteiger partial charge in [0.1, 0.15) is 11.1 Å². The topological polar surface area (TPSA) is 123 Å². The van der Waals surface area contributed by atoms with Crippen molar-refractivity contribution in [3.63, 3.8) is 0 Å². The number of nitrogens with one attached hydrogen (secondary N) is 1. The van der Waals surface area contributed by atoms with Crippen molar-refractivity contribution in [3.8, 4) is 0 Å². The van der Waals surface area contributed by atoms with Gasteiger partial charge in [0, 0.05) is 12.7 Å². The van der Waals surface area contributed by atoms with Crippen molar-refractivity contribution in [2.24, 2.45) is 5.73 Å². The van der Waals surface area contributed by atoms with Crippen LogP contribution in [0.25, 0.3) is 5.52 Å². The largest absolute Gasteiger partial charge is 0.444 e. The third-order valence-electron chi connectivity index (χ3n) is 4.00. The van der Waals surface area contributed by atoms with Crippen LogP contribution in [0.2, 0.25) is 0 Å². The van der Waals surface area contributed by atoms with Gasteiger partial charge in [-0.25, -0.2) is 9.31 Å². The van der Waals surface area contributed by atoms with Crippen LogP contribution in [0.15, 0.2) is 17.1 Å². The van der Waals surface area contributed by atoms with Gasteiger partial charge in [0.15, 0.2) is 5.82 Å². The van der Waals surface area contributed by atoms with E-state index < -0.39 is 23.2 Å². The summed E-state index contributed by atoms with van der Waals surface area (Å²) in [6.45, 7) is 5.92. The van der Waals surface area contributed by atoms with E-state index in [1.54, 1.807) is 25.7 Å². The maximum Gasteiger partial charge on any atom is 0.410 e. The monoisotopic (exact) mass is 347 g/mol. The predicted octanol–water partition coefficient (Wildman–Crippen LogP) is 1.19. The Balaban J connectivity index is 1.97. The highest BCUT2D eigenvalue weighted by Crippen LogP contribution is 2.30. The lowest BCUT2D eigenvalue weighted by Gasteiger charge is -2.28. The molecule has 3 rings (SSSR count). The van der Waals surface area contributed by atoms with Crippen molar-refractivity contribution < 1.29 is 14.3 Å². The number of H-pyrrole nitrogens is 1. The summed E-state index contributed by atoms with van der Waals surface area (Å²) in [7, 11) is 0. The van der Waals surface area contributed by atoms with Gasteiger partial charge in [-0.3, -0.25) is 14.5 Å². The van der Waals surface area contributed by atoms with E-state index >= 15 is 0 Å². The molecule has 2 amide bonds. The molecule has 0 radical (unpaired) electrons. The Kier molecular flexibility index (Phi) is 4.02. The number of primary amides is 1. The van der Waals surface area contributed by atoms with Crippen LogP contribution in [0.4, 0.5) is 4.79 Å². The Morgan fingerprint density at radius 2 is 2.12 bits per heavy atom. The summed E-state index contributed by atoms with van der Waals surface area (Å²) in [6, 6.07) is 1.07. The van der Waals surface area contributed by atoms with Gasteiger partial charge in [-0.15, -0.1) is 0 Å². The molecule has 1 saturated heterocycles. The number of fused-ring (bicyclic) bond motifs is 1. The molecule has 1 fully saturated rings. The van der Waals surface area contributed by atoms with E-state index in [4.69, 9.17) is 10.5 Å². The third kappa shape index (κ3) is 3.21. The van der Waals surface area contributed by atoms with Crippen LogP contribution in [-0.4, -0.2) is 43.6 Å². The van der Waals surface area contributed by atoms with E-state index in [1.807, 2.05) is 0 Å². The summed E-state index contributed by atoms with van der Waals surface area (Å²) in [5.74, 6) is -0.341. The number of carbonyl (C=O) groups excluding carboxylic acids is 2. The molecule has 134 valence electrons. The lowest BCUT2D eigenvalue weighted by Crippen LogP contribution is -2.37. The van der Waals surface area contributed by atoms with Gasteiger partial charge in [-0.2, -0.15) is 5.10 Å². The van der Waals surface area contributed by atoms with Gasteiger partial charge in [-0.05, 0) is 39.7 Å². The number of aromatic nitrogens is 3. The summed E-state index contributed by atoms with van der Waals surface area (Å²) in [5.41, 5.74) is 4.40. The summed E-state index contributed by atoms with van der Waals surface area (Å²) in [6.07, 6.45) is 2.51. The number of nitrogens with zero attached hydrogens (tertiary/aromatic N) is 3. The Bertz CT molecular complexity index is 892. The zero-order valence-corrected chi connectivity index (χ0v) is 14.4. The lowest BCUT2D eigenvalue weighted by atomic mass is 10.2. The van der Waals surface area contributed by atoms with E-state index in [0.29, 0.717) is 18.8 Å². The van der Waals surface area contributed by atoms with Crippen molar-refractivity contribution in [1.82, 2.24) is 19.5 Å². The Morgan fingerprint density at radius 1 is 1.40 bits per heavy atom. The molecule has 3 N–H and O–H groups in total. The second-order valence-corrected chi connectivity index (χ2v) is 7.06. The highest BCUT2D eigenvalue weighted by Gasteiger charge is 2.35. The fourth-order valence-electron chi connectivity index (χ4n) is 2.99. The fourth-order valence-corrected chi connectivity index (χ4v) is 2.99. The minimum Gasteiger partial charge on any atom is -0.444 e. The molecule has 0 bridgehead atoms. The SMILES string of the molecule is CC(C)(C)OC(=O)N1CCC[C@H]1c1nn2ccc(C(N)=O)c2c(=O)[nH]1. The summed E-state index contributed by atoms with van der Waals surface area (Å²) in [5, 5.41) is 4.35. The molecular weight excluding hydrogens is 326 g/mol. The molecule has 9 nitrogen and oxygen atoms in total. The molecule has 0 aromatic carbocycles. The minimum absolute atomic E-state index is 0.0954. The first-order chi connectivity index (χ1) is 11.7. The highest BCUT2D eigenvalue weighted by molar-refractivity contribution is 5.99. The molecule has 0 spiro atoms. The number of carbonyl (C=O) groups is 2. The van der Waals surface area contributed by atoms with Crippen molar-refractivity contribution in [3.05, 3.63) is 34.0 Å². The Hall–Kier alpha value is -2.84. The van der Waals surface area contributed by atoms with Gasteiger partial charge in [0.05, 0.1) is 11.6 Å². The zero-order valence-electron chi connectivity index (χ0n) is 14.4. The summed E-state index contributed by atoms with van der Waals surface area (Å²) in [4.78, 5) is 40.4. The van der Waals surface area contributed by atoms with Crippen LogP contribution in [-0.2, 0) is 4.74 Å². The van der Waals surface area contributed by atoms with Gasteiger partial charge < -0.3 is 15.5 Å². The first-order valence-corrected chi connectivity index (χ1v) is 8.08. The molecule has 0 saturated carbocycles. The van der Waals surface area contributed by atoms with Gasteiger partial charge >= 0.3 is 6.09 Å². The molecule has 1 aliphatic rings. The number of amides is 2. The zero-order chi connectivity index (χ0) is 18.4. The molecule has 2 aromatic heterocycles. The molecular formula is C16H21N5O4. The van der Waals surface area contributed by atoms with Crippen LogP contribution >= 0.6 is 0 Å². The molecule has 1 aliphatic heterocycles. The number of rotatable bonds is 2. The molecule has 0 unspecified atom stereocenters. The first kappa shape index (κ1) is 17.0. The Labute approximate surface area is 143 Å². The molecule has 2 aromatic rings. The van der Waals surface area contributed by atoms with Crippen molar-refractivity contribution in [1.29, 1.82) is 0 Å². The molecule has 25 heavy (non-hydrogen) atoms. The third-order valence-corrected chi connectivity index (χ3v) is 4.00. The standard InChI is InChI=1S/C16H21N5O4/c1-16(2,3)25-15(24)20-7-4-5-10(20)13-18-14(23)11-9(12(17)22)6-8-21(11)19-13/h6,8,10H,4-5,7H2,1-3H3,(H2,17,22)(H,18,19,23)/t10-/m0/s1. The van der Waals surface area contributed by atoms with Crippen LogP contribution in [0.1, 0.15) is 55.8 Å². The Morgan fingerprint density at radius 3 is 2.76 bits per heavy atom. The van der Waals surface area contributed by atoms with Crippen LogP contribution in [0.3, 0.4) is 0 Å². The van der Waals surface area contributed by atoms with E-state index in [1.165, 1.54) is 16.8 Å². The van der Waals surface area contributed by atoms with E-state index in [2.05, 4.69) is 10.1 Å². The van der Waals surface area contributed by atoms with Crippen LogP contribution in [0.5, 0.6) is 0 Å². The average molecular weight is 347 g/mol. The molecule has 0 aliphatic carbocycles. The molecule has 3 heterocycles. The van der Waals surface area contributed by atoms with Crippen LogP contribution < -0.4 is 11.3 Å². The van der Waals surface area contributed by atoms with Gasteiger partial charge in [0.25, 0.3) is 11.5 Å². The summed E-state index contributed by atoms with van der Waals surface area (Å²) >= 11 is 0. The minimum atomic E-state index is -0.696. The van der Waals surface area contributed by atoms with E-state index in [0.717, 1.165) is 6.42 Å². The average Bonchev–Trinajstić information content (AvgIpc) is 3.12. The highest BCUT2D eigenvalue weighted by atomic mass is 16.6. The maximum absolute atomic E-state index is 12.4. The first-order valence-electron chi connectivity index (χ1n) is 8.08. The number of nitrogens with two attached hydrogens (primary N) is 1. The second kappa shape index (κ2) is 5.91. The number of hydrogen-bond acceptors (Lipinski definition) is 5. The number of ether oxygens (including phenoxy) is 1. The van der Waals surface area contributed by atoms with E-state index in [9.17, 15) is 14.4 Å². The van der Waals surface area contributed by atoms with Crippen molar-refractivity contribution in [2.75, 3.05) is 6.54 Å². The number of aromatic amines is 1. The van der Waals surface area contributed by atoms with Crippen LogP contribution in [0, 0.1) is 0 Å². The predicted molar refractivity (Wildman–Crippen MR) is 89.2 cm³/mol.